The van der Waals surface area contributed by atoms with Crippen molar-refractivity contribution in [2.45, 2.75) is 98.8 Å². The van der Waals surface area contributed by atoms with Gasteiger partial charge in [0.05, 0.1) is 18.6 Å². The smallest absolute Gasteiger partial charge is 0.410 e. The number of ketones is 1. The second kappa shape index (κ2) is 14.8. The number of carbonyl (C=O) groups is 6. The van der Waals surface area contributed by atoms with Crippen molar-refractivity contribution >= 4 is 35.6 Å². The molecule has 2 unspecified atom stereocenters. The minimum absolute atomic E-state index is 0.00819. The molecule has 0 radical (unpaired) electrons. The van der Waals surface area contributed by atoms with Crippen LogP contribution in [0.5, 0.6) is 0 Å². The van der Waals surface area contributed by atoms with Crippen molar-refractivity contribution in [3.63, 3.8) is 0 Å². The number of piperidine rings is 1. The maximum atomic E-state index is 14.3. The largest absolute Gasteiger partial charge is 0.448 e. The molecule has 0 aromatic carbocycles. The van der Waals surface area contributed by atoms with Crippen LogP contribution < -0.4 is 21.3 Å². The number of nitrogens with zero attached hydrogens (tertiary/aromatic N) is 2. The average molecular weight is 647 g/mol. The van der Waals surface area contributed by atoms with Gasteiger partial charge in [0.1, 0.15) is 18.7 Å². The molecule has 0 spiro atoms. The van der Waals surface area contributed by atoms with Gasteiger partial charge in [0.15, 0.2) is 0 Å². The Hall–Kier alpha value is -3.64. The molecule has 0 aromatic heterocycles. The van der Waals surface area contributed by atoms with Gasteiger partial charge in [-0.2, -0.15) is 0 Å². The summed E-state index contributed by atoms with van der Waals surface area (Å²) in [6.45, 7) is 20.5. The van der Waals surface area contributed by atoms with Crippen molar-refractivity contribution in [2.24, 2.45) is 28.6 Å². The fourth-order valence-corrected chi connectivity index (χ4v) is 6.57. The van der Waals surface area contributed by atoms with E-state index in [1.807, 2.05) is 41.5 Å². The summed E-state index contributed by atoms with van der Waals surface area (Å²) in [7, 11) is 0. The Kier molecular flexibility index (Phi) is 11.9. The Morgan fingerprint density at radius 3 is 2.33 bits per heavy atom. The number of nitrogens with one attached hydrogen (secondary N) is 4. The lowest BCUT2D eigenvalue weighted by Gasteiger charge is -2.38. The van der Waals surface area contributed by atoms with E-state index in [0.717, 1.165) is 6.42 Å². The zero-order valence-corrected chi connectivity index (χ0v) is 28.7. The summed E-state index contributed by atoms with van der Waals surface area (Å²) in [5.74, 6) is -2.47. The third-order valence-corrected chi connectivity index (χ3v) is 9.64. The highest BCUT2D eigenvalue weighted by Crippen LogP contribution is 2.65. The molecule has 1 aliphatic carbocycles. The number of hydrogen-bond acceptors (Lipinski definition) is 7. The third kappa shape index (κ3) is 8.38. The SMILES string of the molecule is C=CCNC(=O)C(=O)C(CCCC)NC(=O)C1[C@@H]2[C@H](CN1C(=O)[C@@H](NC(=O)N[C@H](CN1CCOC1=O)C(C)C)C(C)(C)C)C2(C)C. The Bertz CT molecular complexity index is 1200. The standard InChI is InChI=1S/C33H54N6O7/c1-10-12-13-21(25(40)28(42)34-14-11-2)35-27(41)24-23-20(33(23,8)9)17-39(24)29(43)26(32(5,6)7)37-30(44)36-22(19(3)4)18-38-15-16-46-31(38)45/h11,19-24,26H,2,10,12-18H2,1,3-9H3,(H,34,42)(H,35,41)(H2,36,37,44)/t20-,21?,22+,23-,24?,26+/m0/s1. The van der Waals surface area contributed by atoms with Gasteiger partial charge in [0.25, 0.3) is 5.91 Å². The molecule has 1 saturated carbocycles. The topological polar surface area (TPSA) is 166 Å². The second-order valence-corrected chi connectivity index (χ2v) is 14.8. The van der Waals surface area contributed by atoms with Crippen LogP contribution in [0.15, 0.2) is 12.7 Å². The number of Topliss-reactive ketones (excluding diaryl/α,β-unsaturated/α-hetero) is 1. The first kappa shape index (κ1) is 36.8. The number of likely N-dealkylation sites (tertiary alicyclic amines) is 1. The van der Waals surface area contributed by atoms with Crippen molar-refractivity contribution in [2.75, 3.05) is 32.8 Å². The van der Waals surface area contributed by atoms with Gasteiger partial charge >= 0.3 is 12.1 Å². The lowest BCUT2D eigenvalue weighted by atomic mass is 9.85. The molecule has 2 heterocycles. The van der Waals surface area contributed by atoms with E-state index in [1.165, 1.54) is 11.0 Å². The van der Waals surface area contributed by atoms with Crippen LogP contribution in [0.3, 0.4) is 0 Å². The number of rotatable bonds is 15. The molecule has 258 valence electrons. The van der Waals surface area contributed by atoms with Crippen molar-refractivity contribution in [3.8, 4) is 0 Å². The molecule has 6 amide bonds. The molecule has 0 aromatic rings. The fraction of sp³-hybridized carbons (Fsp3) is 0.758. The van der Waals surface area contributed by atoms with Crippen LogP contribution in [0.1, 0.15) is 74.7 Å². The van der Waals surface area contributed by atoms with Crippen LogP contribution in [-0.2, 0) is 23.9 Å². The van der Waals surface area contributed by atoms with Gasteiger partial charge in [0.2, 0.25) is 17.6 Å². The van der Waals surface area contributed by atoms with E-state index in [9.17, 15) is 28.8 Å². The summed E-state index contributed by atoms with van der Waals surface area (Å²) in [6.07, 6.45) is 2.72. The summed E-state index contributed by atoms with van der Waals surface area (Å²) in [6, 6.07) is -3.81. The number of cyclic esters (lactones) is 1. The van der Waals surface area contributed by atoms with E-state index in [1.54, 1.807) is 4.90 Å². The van der Waals surface area contributed by atoms with Crippen LogP contribution in [0, 0.1) is 28.6 Å². The molecular weight excluding hydrogens is 592 g/mol. The van der Waals surface area contributed by atoms with E-state index < -0.39 is 59.2 Å². The van der Waals surface area contributed by atoms with E-state index in [-0.39, 0.29) is 42.3 Å². The highest BCUT2D eigenvalue weighted by Gasteiger charge is 2.70. The quantitative estimate of drug-likeness (QED) is 0.156. The molecule has 13 nitrogen and oxygen atoms in total. The van der Waals surface area contributed by atoms with Crippen LogP contribution >= 0.6 is 0 Å². The summed E-state index contributed by atoms with van der Waals surface area (Å²) < 4.78 is 5.02. The normalized spacial score (nSPS) is 23.5. The van der Waals surface area contributed by atoms with Gasteiger partial charge in [-0.25, -0.2) is 9.59 Å². The van der Waals surface area contributed by atoms with Crippen molar-refractivity contribution in [1.82, 2.24) is 31.1 Å². The van der Waals surface area contributed by atoms with Crippen molar-refractivity contribution in [1.29, 1.82) is 0 Å². The maximum Gasteiger partial charge on any atom is 0.410 e. The monoisotopic (exact) mass is 646 g/mol. The molecule has 2 saturated heterocycles. The van der Waals surface area contributed by atoms with Gasteiger partial charge in [-0.1, -0.05) is 74.3 Å². The van der Waals surface area contributed by atoms with Gasteiger partial charge in [-0.3, -0.25) is 19.2 Å². The van der Waals surface area contributed by atoms with E-state index in [0.29, 0.717) is 32.5 Å². The van der Waals surface area contributed by atoms with Crippen LogP contribution in [0.4, 0.5) is 9.59 Å². The van der Waals surface area contributed by atoms with Gasteiger partial charge in [-0.15, -0.1) is 6.58 Å². The van der Waals surface area contributed by atoms with Crippen LogP contribution in [0.25, 0.3) is 0 Å². The van der Waals surface area contributed by atoms with Gasteiger partial charge < -0.3 is 35.8 Å². The number of unbranched alkanes of at least 4 members (excludes halogenated alkanes) is 1. The molecule has 0 bridgehead atoms. The highest BCUT2D eigenvalue weighted by molar-refractivity contribution is 6.38. The lowest BCUT2D eigenvalue weighted by Crippen LogP contribution is -2.62. The number of fused-ring (bicyclic) bond motifs is 1. The molecule has 2 aliphatic heterocycles. The number of amides is 6. The van der Waals surface area contributed by atoms with E-state index >= 15 is 0 Å². The summed E-state index contributed by atoms with van der Waals surface area (Å²) in [4.78, 5) is 82.2. The minimum atomic E-state index is -1.03. The number of carbonyl (C=O) groups excluding carboxylic acids is 6. The first-order valence-corrected chi connectivity index (χ1v) is 16.5. The first-order chi connectivity index (χ1) is 21.4. The summed E-state index contributed by atoms with van der Waals surface area (Å²) in [5.41, 5.74) is -0.904. The van der Waals surface area contributed by atoms with Crippen molar-refractivity contribution < 1.29 is 33.5 Å². The number of urea groups is 1. The Balaban J connectivity index is 1.80. The second-order valence-electron chi connectivity index (χ2n) is 14.8. The van der Waals surface area contributed by atoms with Gasteiger partial charge in [-0.05, 0) is 35.0 Å². The molecule has 4 N–H and O–H groups in total. The molecule has 13 heteroatoms. The maximum absolute atomic E-state index is 14.3. The molecule has 46 heavy (non-hydrogen) atoms. The van der Waals surface area contributed by atoms with Crippen molar-refractivity contribution in [3.05, 3.63) is 12.7 Å². The zero-order chi connectivity index (χ0) is 34.6. The summed E-state index contributed by atoms with van der Waals surface area (Å²) in [5, 5.41) is 11.1. The highest BCUT2D eigenvalue weighted by atomic mass is 16.6. The van der Waals surface area contributed by atoms with Crippen LogP contribution in [-0.4, -0.2) is 102 Å². The Morgan fingerprint density at radius 2 is 1.78 bits per heavy atom. The number of ether oxygens (including phenoxy) is 1. The lowest BCUT2D eigenvalue weighted by molar-refractivity contribution is -0.145. The zero-order valence-electron chi connectivity index (χ0n) is 28.7. The fourth-order valence-electron chi connectivity index (χ4n) is 6.57. The first-order valence-electron chi connectivity index (χ1n) is 16.5. The minimum Gasteiger partial charge on any atom is -0.448 e. The molecule has 3 fully saturated rings. The predicted octanol–water partition coefficient (Wildman–Crippen LogP) is 2.21. The molecule has 3 aliphatic rings. The Labute approximate surface area is 273 Å². The Morgan fingerprint density at radius 1 is 1.11 bits per heavy atom. The third-order valence-electron chi connectivity index (χ3n) is 9.64. The van der Waals surface area contributed by atoms with Gasteiger partial charge in [0, 0.05) is 19.6 Å². The van der Waals surface area contributed by atoms with E-state index in [2.05, 4.69) is 41.7 Å². The van der Waals surface area contributed by atoms with Crippen LogP contribution in [0.2, 0.25) is 0 Å². The molecule has 3 rings (SSSR count). The number of hydrogen-bond donors (Lipinski definition) is 4. The average Bonchev–Trinajstić information content (AvgIpc) is 3.32. The molecule has 6 atom stereocenters. The molecular formula is C33H54N6O7. The predicted molar refractivity (Wildman–Crippen MR) is 172 cm³/mol. The summed E-state index contributed by atoms with van der Waals surface area (Å²) >= 11 is 0. The van der Waals surface area contributed by atoms with E-state index in [4.69, 9.17) is 4.74 Å².